The van der Waals surface area contributed by atoms with Crippen LogP contribution in [0.3, 0.4) is 0 Å². The standard InChI is InChI=1S/C12H9N.C12H8O.C12H8/c2*1-3-7-11-9(5-1)10-6-2-4-8-12(10)13-11;1-2-6-10-9(5-1)11-7-3-4-8-12(10)11/h1-8,13H;1-8H;1-8H. The first kappa shape index (κ1) is 22.1. The number of aromatic nitrogens is 1. The van der Waals surface area contributed by atoms with E-state index in [-0.39, 0.29) is 0 Å². The van der Waals surface area contributed by atoms with Crippen molar-refractivity contribution in [1.29, 1.82) is 0 Å². The molecule has 8 aromatic rings. The van der Waals surface area contributed by atoms with Gasteiger partial charge in [-0.15, -0.1) is 0 Å². The zero-order chi connectivity index (χ0) is 25.3. The predicted molar refractivity (Wildman–Crippen MR) is 158 cm³/mol. The van der Waals surface area contributed by atoms with E-state index in [9.17, 15) is 0 Å². The minimum Gasteiger partial charge on any atom is -0.456 e. The minimum atomic E-state index is 0.962. The Morgan fingerprint density at radius 1 is 0.316 bits per heavy atom. The largest absolute Gasteiger partial charge is 0.456 e. The molecule has 9 rings (SSSR count). The van der Waals surface area contributed by atoms with Gasteiger partial charge in [-0.25, -0.2) is 0 Å². The van der Waals surface area contributed by atoms with E-state index >= 15 is 0 Å². The molecule has 0 unspecified atom stereocenters. The van der Waals surface area contributed by atoms with Gasteiger partial charge >= 0.3 is 0 Å². The third-order valence-electron chi connectivity index (χ3n) is 7.13. The molecule has 0 bridgehead atoms. The van der Waals surface area contributed by atoms with Crippen LogP contribution in [0, 0.1) is 20.9 Å². The van der Waals surface area contributed by atoms with Crippen LogP contribution in [0.5, 0.6) is 0 Å². The van der Waals surface area contributed by atoms with Crippen molar-refractivity contribution >= 4 is 43.7 Å². The lowest BCUT2D eigenvalue weighted by Gasteiger charge is -2.02. The number of aromatic amines is 1. The first-order chi connectivity index (χ1) is 18.9. The van der Waals surface area contributed by atoms with E-state index in [0.29, 0.717) is 0 Å². The molecule has 0 saturated carbocycles. The Bertz CT molecular complexity index is 1910. The number of furan rings is 1. The van der Waals surface area contributed by atoms with Crippen molar-refractivity contribution in [3.63, 3.8) is 0 Å². The van der Waals surface area contributed by atoms with Crippen LogP contribution in [-0.2, 0) is 0 Å². The molecule has 2 heteroatoms. The number of benzene rings is 6. The fourth-order valence-electron chi connectivity index (χ4n) is 5.32. The second kappa shape index (κ2) is 9.42. The molecule has 1 aliphatic rings. The lowest BCUT2D eigenvalue weighted by atomic mass is 10.0. The molecular formula is C36H25NO. The molecule has 180 valence electrons. The van der Waals surface area contributed by atoms with Gasteiger partial charge in [-0.05, 0) is 45.1 Å². The van der Waals surface area contributed by atoms with Gasteiger partial charge in [0.05, 0.1) is 0 Å². The van der Waals surface area contributed by atoms with E-state index in [1.54, 1.807) is 0 Å². The fraction of sp³-hybridized carbons (Fsp3) is 0. The molecule has 1 aliphatic carbocycles. The molecule has 1 N–H and O–H groups in total. The molecule has 0 saturated heterocycles. The van der Waals surface area contributed by atoms with Gasteiger partial charge in [0.1, 0.15) is 11.2 Å². The van der Waals surface area contributed by atoms with Crippen molar-refractivity contribution in [3.8, 4) is 0 Å². The first-order valence-electron chi connectivity index (χ1n) is 12.9. The highest BCUT2D eigenvalue weighted by Crippen LogP contribution is 2.27. The van der Waals surface area contributed by atoms with Gasteiger partial charge < -0.3 is 9.40 Å². The summed E-state index contributed by atoms with van der Waals surface area (Å²) >= 11 is 0. The number of hydrogen-bond acceptors (Lipinski definition) is 1. The van der Waals surface area contributed by atoms with Crippen molar-refractivity contribution in [1.82, 2.24) is 4.98 Å². The average Bonchev–Trinajstić information content (AvgIpc) is 3.55. The molecular weight excluding hydrogens is 462 g/mol. The Morgan fingerprint density at radius 2 is 0.632 bits per heavy atom. The predicted octanol–water partition coefficient (Wildman–Crippen LogP) is 9.48. The second-order valence-electron chi connectivity index (χ2n) is 9.40. The summed E-state index contributed by atoms with van der Waals surface area (Å²) in [6.07, 6.45) is 0. The Kier molecular flexibility index (Phi) is 5.49. The van der Waals surface area contributed by atoms with Crippen LogP contribution in [-0.4, -0.2) is 4.98 Å². The van der Waals surface area contributed by atoms with E-state index in [1.165, 1.54) is 53.5 Å². The molecule has 0 aliphatic heterocycles. The molecule has 6 aromatic carbocycles. The molecule has 0 amide bonds. The molecule has 0 radical (unpaired) electrons. The normalized spacial score (nSPS) is 11.2. The van der Waals surface area contributed by atoms with E-state index in [1.807, 2.05) is 36.4 Å². The van der Waals surface area contributed by atoms with E-state index in [4.69, 9.17) is 4.42 Å². The number of hydrogen-bond donors (Lipinski definition) is 1. The van der Waals surface area contributed by atoms with Crippen LogP contribution in [0.15, 0.2) is 150 Å². The number of para-hydroxylation sites is 4. The molecule has 2 aromatic heterocycles. The van der Waals surface area contributed by atoms with E-state index in [0.717, 1.165) is 11.2 Å². The Balaban J connectivity index is 0.0000000956. The Morgan fingerprint density at radius 3 is 1.05 bits per heavy atom. The van der Waals surface area contributed by atoms with Crippen molar-refractivity contribution in [2.24, 2.45) is 0 Å². The van der Waals surface area contributed by atoms with Gasteiger partial charge in [-0.1, -0.05) is 121 Å². The third-order valence-corrected chi connectivity index (χ3v) is 7.13. The van der Waals surface area contributed by atoms with Gasteiger partial charge in [-0.2, -0.15) is 0 Å². The third kappa shape index (κ3) is 3.84. The van der Waals surface area contributed by atoms with Crippen LogP contribution in [0.4, 0.5) is 0 Å². The van der Waals surface area contributed by atoms with Crippen molar-refractivity contribution < 1.29 is 4.42 Å². The highest BCUT2D eigenvalue weighted by Gasteiger charge is 2.03. The van der Waals surface area contributed by atoms with Crippen LogP contribution >= 0.6 is 0 Å². The fourth-order valence-corrected chi connectivity index (χ4v) is 5.32. The monoisotopic (exact) mass is 487 g/mol. The summed E-state index contributed by atoms with van der Waals surface area (Å²) in [5, 5.41) is 10.6. The molecule has 0 atom stereocenters. The summed E-state index contributed by atoms with van der Waals surface area (Å²) in [6.45, 7) is 0. The number of fused-ring (bicyclic) bond motifs is 8. The quantitative estimate of drug-likeness (QED) is 0.227. The molecule has 2 heterocycles. The van der Waals surface area contributed by atoms with Crippen molar-refractivity contribution in [2.75, 3.05) is 0 Å². The van der Waals surface area contributed by atoms with Gasteiger partial charge in [0.15, 0.2) is 0 Å². The van der Waals surface area contributed by atoms with Crippen molar-refractivity contribution in [2.45, 2.75) is 0 Å². The van der Waals surface area contributed by atoms with Crippen LogP contribution < -0.4 is 0 Å². The van der Waals surface area contributed by atoms with Gasteiger partial charge in [0.25, 0.3) is 0 Å². The van der Waals surface area contributed by atoms with Gasteiger partial charge in [-0.3, -0.25) is 0 Å². The van der Waals surface area contributed by atoms with Crippen LogP contribution in [0.2, 0.25) is 0 Å². The lowest BCUT2D eigenvalue weighted by molar-refractivity contribution is 0.669. The second-order valence-corrected chi connectivity index (χ2v) is 9.40. The van der Waals surface area contributed by atoms with E-state index < -0.39 is 0 Å². The topological polar surface area (TPSA) is 28.9 Å². The maximum atomic E-state index is 5.65. The lowest BCUT2D eigenvalue weighted by Crippen LogP contribution is -1.88. The molecule has 2 nitrogen and oxygen atoms in total. The molecule has 0 spiro atoms. The van der Waals surface area contributed by atoms with Gasteiger partial charge in [0, 0.05) is 32.6 Å². The maximum absolute atomic E-state index is 5.65. The molecule has 38 heavy (non-hydrogen) atoms. The van der Waals surface area contributed by atoms with Crippen molar-refractivity contribution in [3.05, 3.63) is 166 Å². The minimum absolute atomic E-state index is 0.962. The average molecular weight is 488 g/mol. The highest BCUT2D eigenvalue weighted by atomic mass is 16.3. The first-order valence-corrected chi connectivity index (χ1v) is 12.9. The summed E-state index contributed by atoms with van der Waals surface area (Å²) in [5.41, 5.74) is 4.35. The zero-order valence-corrected chi connectivity index (χ0v) is 20.8. The zero-order valence-electron chi connectivity index (χ0n) is 20.8. The summed E-state index contributed by atoms with van der Waals surface area (Å²) in [6, 6.07) is 50.0. The maximum Gasteiger partial charge on any atom is 0.135 e. The van der Waals surface area contributed by atoms with Gasteiger partial charge in [0.2, 0.25) is 0 Å². The number of nitrogens with one attached hydrogen (secondary N) is 1. The van der Waals surface area contributed by atoms with Crippen LogP contribution in [0.1, 0.15) is 0 Å². The summed E-state index contributed by atoms with van der Waals surface area (Å²) < 4.78 is 5.65. The summed E-state index contributed by atoms with van der Waals surface area (Å²) in [5.74, 6) is 0. The smallest absolute Gasteiger partial charge is 0.135 e. The Hall–Kier alpha value is -5.08. The Labute approximate surface area is 219 Å². The SMILES string of the molecule is c1ccc2c(c1)=c1ccccc1=2.c1ccc2c(c1)[nH]c1ccccc12.c1ccc2c(c1)oc1ccccc12. The highest BCUT2D eigenvalue weighted by molar-refractivity contribution is 6.07. The summed E-state index contributed by atoms with van der Waals surface area (Å²) in [7, 11) is 0. The van der Waals surface area contributed by atoms with E-state index in [2.05, 4.69) is 114 Å². The number of H-pyrrole nitrogens is 1. The molecule has 0 fully saturated rings. The summed E-state index contributed by atoms with van der Waals surface area (Å²) in [4.78, 5) is 3.38. The van der Waals surface area contributed by atoms with Crippen LogP contribution in [0.25, 0.3) is 43.7 Å². The number of rotatable bonds is 0.